The summed E-state index contributed by atoms with van der Waals surface area (Å²) in [6, 6.07) is 2.18. The van der Waals surface area contributed by atoms with Crippen molar-refractivity contribution < 1.29 is 9.53 Å². The third kappa shape index (κ3) is 3.01. The van der Waals surface area contributed by atoms with Crippen molar-refractivity contribution in [2.75, 3.05) is 32.8 Å². The summed E-state index contributed by atoms with van der Waals surface area (Å²) in [5, 5.41) is 8.87. The fourth-order valence-electron chi connectivity index (χ4n) is 2.55. The summed E-state index contributed by atoms with van der Waals surface area (Å²) >= 11 is 0. The largest absolute Gasteiger partial charge is 0.368 e. The molecule has 2 fully saturated rings. The van der Waals surface area contributed by atoms with Crippen molar-refractivity contribution in [2.45, 2.75) is 38.3 Å². The number of carbonyl (C=O) groups is 1. The van der Waals surface area contributed by atoms with E-state index in [1.165, 1.54) is 0 Å². The number of nitriles is 1. The van der Waals surface area contributed by atoms with Gasteiger partial charge in [-0.2, -0.15) is 5.26 Å². The Labute approximate surface area is 108 Å². The molecule has 0 saturated carbocycles. The van der Waals surface area contributed by atoms with Gasteiger partial charge in [0.05, 0.1) is 12.1 Å². The SMILES string of the molecule is CC(C#N)N1CCN(C(=O)C2CCCCO2)CC1. The van der Waals surface area contributed by atoms with Crippen LogP contribution >= 0.6 is 0 Å². The molecule has 0 N–H and O–H groups in total. The Morgan fingerprint density at radius 1 is 1.33 bits per heavy atom. The van der Waals surface area contributed by atoms with E-state index >= 15 is 0 Å². The van der Waals surface area contributed by atoms with Crippen molar-refractivity contribution in [3.8, 4) is 6.07 Å². The lowest BCUT2D eigenvalue weighted by molar-refractivity contribution is -0.148. The van der Waals surface area contributed by atoms with Crippen LogP contribution in [0.25, 0.3) is 0 Å². The molecule has 0 aromatic rings. The highest BCUT2D eigenvalue weighted by molar-refractivity contribution is 5.81. The molecule has 2 unspecified atom stereocenters. The molecule has 0 spiro atoms. The second-order valence-electron chi connectivity index (χ2n) is 5.02. The van der Waals surface area contributed by atoms with Crippen LogP contribution in [0.1, 0.15) is 26.2 Å². The molecule has 0 aliphatic carbocycles. The maximum Gasteiger partial charge on any atom is 0.251 e. The second-order valence-corrected chi connectivity index (χ2v) is 5.02. The maximum atomic E-state index is 12.2. The Hall–Kier alpha value is -1.12. The summed E-state index contributed by atoms with van der Waals surface area (Å²) < 4.78 is 5.53. The van der Waals surface area contributed by atoms with Crippen LogP contribution < -0.4 is 0 Å². The van der Waals surface area contributed by atoms with E-state index in [-0.39, 0.29) is 18.1 Å². The molecule has 0 radical (unpaired) electrons. The lowest BCUT2D eigenvalue weighted by atomic mass is 10.1. The van der Waals surface area contributed by atoms with Crippen molar-refractivity contribution in [1.82, 2.24) is 9.80 Å². The molecule has 0 bridgehead atoms. The number of hydrogen-bond donors (Lipinski definition) is 0. The number of amides is 1. The topological polar surface area (TPSA) is 56.6 Å². The van der Waals surface area contributed by atoms with E-state index in [2.05, 4.69) is 11.0 Å². The number of carbonyl (C=O) groups excluding carboxylic acids is 1. The zero-order chi connectivity index (χ0) is 13.0. The fourth-order valence-corrected chi connectivity index (χ4v) is 2.55. The van der Waals surface area contributed by atoms with E-state index in [0.29, 0.717) is 19.7 Å². The van der Waals surface area contributed by atoms with Crippen molar-refractivity contribution in [3.05, 3.63) is 0 Å². The normalized spacial score (nSPS) is 27.6. The first-order chi connectivity index (χ1) is 8.72. The van der Waals surface area contributed by atoms with Gasteiger partial charge >= 0.3 is 0 Å². The number of hydrogen-bond acceptors (Lipinski definition) is 4. The van der Waals surface area contributed by atoms with Gasteiger partial charge in [0.1, 0.15) is 6.10 Å². The highest BCUT2D eigenvalue weighted by atomic mass is 16.5. The smallest absolute Gasteiger partial charge is 0.251 e. The van der Waals surface area contributed by atoms with Gasteiger partial charge in [0.2, 0.25) is 0 Å². The van der Waals surface area contributed by atoms with Crippen LogP contribution in [-0.2, 0) is 9.53 Å². The summed E-state index contributed by atoms with van der Waals surface area (Å²) in [5.41, 5.74) is 0. The van der Waals surface area contributed by atoms with Gasteiger partial charge in [-0.05, 0) is 26.2 Å². The molecule has 100 valence electrons. The molecule has 5 heteroatoms. The summed E-state index contributed by atoms with van der Waals surface area (Å²) in [6.07, 6.45) is 2.78. The first-order valence-electron chi connectivity index (χ1n) is 6.76. The Bertz CT molecular complexity index is 326. The minimum Gasteiger partial charge on any atom is -0.368 e. The van der Waals surface area contributed by atoms with Gasteiger partial charge in [-0.1, -0.05) is 0 Å². The van der Waals surface area contributed by atoms with Crippen LogP contribution in [-0.4, -0.2) is 60.6 Å². The third-order valence-electron chi connectivity index (χ3n) is 3.82. The van der Waals surface area contributed by atoms with Crippen molar-refractivity contribution in [3.63, 3.8) is 0 Å². The van der Waals surface area contributed by atoms with Gasteiger partial charge < -0.3 is 9.64 Å². The maximum absolute atomic E-state index is 12.2. The Kier molecular flexibility index (Phi) is 4.56. The quantitative estimate of drug-likeness (QED) is 0.721. The Balaban J connectivity index is 1.82. The van der Waals surface area contributed by atoms with Crippen LogP contribution in [0.4, 0.5) is 0 Å². The number of ether oxygens (including phenoxy) is 1. The highest BCUT2D eigenvalue weighted by Gasteiger charge is 2.30. The van der Waals surface area contributed by atoms with E-state index in [0.717, 1.165) is 32.4 Å². The molecule has 2 atom stereocenters. The molecular formula is C13H21N3O2. The number of nitrogens with zero attached hydrogens (tertiary/aromatic N) is 3. The monoisotopic (exact) mass is 251 g/mol. The molecule has 2 heterocycles. The van der Waals surface area contributed by atoms with E-state index in [1.54, 1.807) is 0 Å². The van der Waals surface area contributed by atoms with Crippen molar-refractivity contribution in [2.24, 2.45) is 0 Å². The molecule has 2 saturated heterocycles. The predicted molar refractivity (Wildman–Crippen MR) is 66.8 cm³/mol. The Morgan fingerprint density at radius 2 is 2.06 bits per heavy atom. The fraction of sp³-hybridized carbons (Fsp3) is 0.846. The lowest BCUT2D eigenvalue weighted by Crippen LogP contribution is -2.53. The first kappa shape index (κ1) is 13.3. The zero-order valence-electron chi connectivity index (χ0n) is 11.0. The van der Waals surface area contributed by atoms with Crippen molar-refractivity contribution >= 4 is 5.91 Å². The van der Waals surface area contributed by atoms with E-state index < -0.39 is 0 Å². The van der Waals surface area contributed by atoms with Crippen LogP contribution in [0, 0.1) is 11.3 Å². The summed E-state index contributed by atoms with van der Waals surface area (Å²) in [5.74, 6) is 0.138. The van der Waals surface area contributed by atoms with Crippen LogP contribution in [0.3, 0.4) is 0 Å². The zero-order valence-corrected chi connectivity index (χ0v) is 11.0. The highest BCUT2D eigenvalue weighted by Crippen LogP contribution is 2.16. The molecule has 5 nitrogen and oxygen atoms in total. The van der Waals surface area contributed by atoms with Gasteiger partial charge in [-0.25, -0.2) is 0 Å². The van der Waals surface area contributed by atoms with Crippen LogP contribution in [0.2, 0.25) is 0 Å². The van der Waals surface area contributed by atoms with Crippen molar-refractivity contribution in [1.29, 1.82) is 5.26 Å². The van der Waals surface area contributed by atoms with Gasteiger partial charge in [-0.3, -0.25) is 9.69 Å². The molecule has 2 aliphatic rings. The standard InChI is InChI=1S/C13H21N3O2/c1-11(10-14)15-5-7-16(8-6-15)13(17)12-4-2-3-9-18-12/h11-12H,2-9H2,1H3. The molecule has 0 aromatic heterocycles. The molecular weight excluding hydrogens is 230 g/mol. The van der Waals surface area contributed by atoms with E-state index in [9.17, 15) is 4.79 Å². The minimum atomic E-state index is -0.223. The molecule has 2 aliphatic heterocycles. The van der Waals surface area contributed by atoms with Gasteiger partial charge in [-0.15, -0.1) is 0 Å². The second kappa shape index (κ2) is 6.17. The summed E-state index contributed by atoms with van der Waals surface area (Å²) in [7, 11) is 0. The predicted octanol–water partition coefficient (Wildman–Crippen LogP) is 0.612. The van der Waals surface area contributed by atoms with Gasteiger partial charge in [0.15, 0.2) is 0 Å². The molecule has 1 amide bonds. The molecule has 2 rings (SSSR count). The Morgan fingerprint density at radius 3 is 2.61 bits per heavy atom. The molecule has 18 heavy (non-hydrogen) atoms. The lowest BCUT2D eigenvalue weighted by Gasteiger charge is -2.37. The van der Waals surface area contributed by atoms with Crippen LogP contribution in [0.15, 0.2) is 0 Å². The van der Waals surface area contributed by atoms with Crippen LogP contribution in [0.5, 0.6) is 0 Å². The average molecular weight is 251 g/mol. The first-order valence-corrected chi connectivity index (χ1v) is 6.76. The van der Waals surface area contributed by atoms with Gasteiger partial charge in [0, 0.05) is 32.8 Å². The third-order valence-corrected chi connectivity index (χ3v) is 3.82. The van der Waals surface area contributed by atoms with Gasteiger partial charge in [0.25, 0.3) is 5.91 Å². The van der Waals surface area contributed by atoms with E-state index in [4.69, 9.17) is 10.00 Å². The number of rotatable bonds is 2. The summed E-state index contributed by atoms with van der Waals surface area (Å²) in [6.45, 7) is 5.61. The minimum absolute atomic E-state index is 0.0619. The van der Waals surface area contributed by atoms with E-state index in [1.807, 2.05) is 11.8 Å². The summed E-state index contributed by atoms with van der Waals surface area (Å²) in [4.78, 5) is 16.2. The average Bonchev–Trinajstić information content (AvgIpc) is 2.47. The molecule has 0 aromatic carbocycles. The number of piperazine rings is 1.